The van der Waals surface area contributed by atoms with E-state index in [1.165, 1.54) is 0 Å². The van der Waals surface area contributed by atoms with Crippen molar-refractivity contribution in [3.8, 4) is 0 Å². The maximum absolute atomic E-state index is 12.6. The first-order chi connectivity index (χ1) is 12.0. The van der Waals surface area contributed by atoms with Crippen molar-refractivity contribution < 1.29 is 9.90 Å². The van der Waals surface area contributed by atoms with E-state index in [4.69, 9.17) is 0 Å². The molecule has 25 heavy (non-hydrogen) atoms. The summed E-state index contributed by atoms with van der Waals surface area (Å²) >= 11 is 0. The smallest absolute Gasteiger partial charge is 0.224 e. The topological polar surface area (TPSA) is 49.3 Å². The number of nitrogens with one attached hydrogen (secondary N) is 1. The molecule has 3 nitrogen and oxygen atoms in total. The fraction of sp³-hybridized carbons (Fsp3) is 0.227. The predicted octanol–water partition coefficient (Wildman–Crippen LogP) is 4.01. The maximum Gasteiger partial charge on any atom is 0.224 e. The van der Waals surface area contributed by atoms with E-state index >= 15 is 0 Å². The van der Waals surface area contributed by atoms with Crippen molar-refractivity contribution in [3.05, 3.63) is 83.9 Å². The highest BCUT2D eigenvalue weighted by Gasteiger charge is 2.30. The van der Waals surface area contributed by atoms with Crippen molar-refractivity contribution in [2.45, 2.75) is 31.9 Å². The zero-order chi connectivity index (χ0) is 17.9. The number of fused-ring (bicyclic) bond motifs is 1. The number of carbonyl (C=O) groups is 1. The van der Waals surface area contributed by atoms with Crippen LogP contribution in [0.2, 0.25) is 0 Å². The summed E-state index contributed by atoms with van der Waals surface area (Å²) in [6.07, 6.45) is -0.489. The van der Waals surface area contributed by atoms with Crippen LogP contribution >= 0.6 is 0 Å². The average molecular weight is 333 g/mol. The Bertz CT molecular complexity index is 866. The van der Waals surface area contributed by atoms with E-state index in [9.17, 15) is 9.90 Å². The van der Waals surface area contributed by atoms with Crippen LogP contribution in [0.4, 0.5) is 0 Å². The molecular weight excluding hydrogens is 310 g/mol. The Hall–Kier alpha value is -2.65. The number of benzene rings is 3. The molecule has 2 N–H and O–H groups in total. The van der Waals surface area contributed by atoms with Crippen LogP contribution in [0.15, 0.2) is 72.8 Å². The minimum absolute atomic E-state index is 0.101. The third kappa shape index (κ3) is 3.89. The summed E-state index contributed by atoms with van der Waals surface area (Å²) < 4.78 is 0. The highest BCUT2D eigenvalue weighted by atomic mass is 16.3. The molecule has 0 heterocycles. The summed E-state index contributed by atoms with van der Waals surface area (Å²) in [7, 11) is 0. The van der Waals surface area contributed by atoms with Crippen LogP contribution in [0.3, 0.4) is 0 Å². The first-order valence-corrected chi connectivity index (χ1v) is 8.48. The molecular formula is C22H23NO2. The molecule has 0 bridgehead atoms. The van der Waals surface area contributed by atoms with Crippen molar-refractivity contribution in [3.63, 3.8) is 0 Å². The van der Waals surface area contributed by atoms with Gasteiger partial charge in [0.2, 0.25) is 5.91 Å². The van der Waals surface area contributed by atoms with Gasteiger partial charge in [-0.15, -0.1) is 0 Å². The first kappa shape index (κ1) is 17.2. The van der Waals surface area contributed by atoms with Crippen molar-refractivity contribution in [1.29, 1.82) is 0 Å². The molecule has 0 aliphatic carbocycles. The predicted molar refractivity (Wildman–Crippen MR) is 101 cm³/mol. The molecule has 3 rings (SSSR count). The van der Waals surface area contributed by atoms with Gasteiger partial charge in [-0.2, -0.15) is 0 Å². The van der Waals surface area contributed by atoms with Gasteiger partial charge >= 0.3 is 0 Å². The van der Waals surface area contributed by atoms with E-state index in [1.807, 2.05) is 86.6 Å². The third-order valence-corrected chi connectivity index (χ3v) is 4.49. The fourth-order valence-electron chi connectivity index (χ4n) is 3.14. The molecule has 0 aliphatic heterocycles. The van der Waals surface area contributed by atoms with E-state index in [0.29, 0.717) is 0 Å². The maximum atomic E-state index is 12.6. The van der Waals surface area contributed by atoms with E-state index in [-0.39, 0.29) is 12.3 Å². The monoisotopic (exact) mass is 333 g/mol. The molecule has 1 amide bonds. The quantitative estimate of drug-likeness (QED) is 0.741. The number of hydrogen-bond acceptors (Lipinski definition) is 2. The van der Waals surface area contributed by atoms with Gasteiger partial charge in [-0.3, -0.25) is 4.79 Å². The highest BCUT2D eigenvalue weighted by molar-refractivity contribution is 5.90. The Morgan fingerprint density at radius 3 is 2.36 bits per heavy atom. The van der Waals surface area contributed by atoms with Crippen LogP contribution in [0.1, 0.15) is 31.1 Å². The van der Waals surface area contributed by atoms with Crippen LogP contribution in [-0.4, -0.2) is 16.6 Å². The van der Waals surface area contributed by atoms with Crippen molar-refractivity contribution in [2.75, 3.05) is 0 Å². The lowest BCUT2D eigenvalue weighted by atomic mass is 9.91. The average Bonchev–Trinajstić information content (AvgIpc) is 2.61. The SMILES string of the molecule is CC(C)(NC(=O)Cc1cccc2ccccc12)[C@@H](O)c1ccccc1. The van der Waals surface area contributed by atoms with Gasteiger partial charge in [-0.05, 0) is 35.7 Å². The molecule has 0 fully saturated rings. The summed E-state index contributed by atoms with van der Waals surface area (Å²) in [5.41, 5.74) is 1.02. The number of rotatable bonds is 5. The molecule has 0 saturated heterocycles. The number of hydrogen-bond donors (Lipinski definition) is 2. The number of amides is 1. The lowest BCUT2D eigenvalue weighted by Crippen LogP contribution is -2.48. The lowest BCUT2D eigenvalue weighted by molar-refractivity contribution is -0.123. The summed E-state index contributed by atoms with van der Waals surface area (Å²) in [5.74, 6) is -0.101. The molecule has 0 spiro atoms. The lowest BCUT2D eigenvalue weighted by Gasteiger charge is -2.32. The zero-order valence-electron chi connectivity index (χ0n) is 14.6. The number of aliphatic hydroxyl groups is 1. The van der Waals surface area contributed by atoms with Crippen molar-refractivity contribution >= 4 is 16.7 Å². The molecule has 0 unspecified atom stereocenters. The summed E-state index contributed by atoms with van der Waals surface area (Å²) in [4.78, 5) is 12.6. The molecule has 3 aromatic rings. The van der Waals surface area contributed by atoms with E-state index < -0.39 is 11.6 Å². The fourth-order valence-corrected chi connectivity index (χ4v) is 3.14. The Morgan fingerprint density at radius 1 is 0.960 bits per heavy atom. The highest BCUT2D eigenvalue weighted by Crippen LogP contribution is 2.26. The van der Waals surface area contributed by atoms with Gasteiger partial charge in [0.05, 0.1) is 12.0 Å². The Labute approximate surface area is 148 Å². The minimum Gasteiger partial charge on any atom is -0.386 e. The van der Waals surface area contributed by atoms with Gasteiger partial charge in [-0.1, -0.05) is 72.8 Å². The first-order valence-electron chi connectivity index (χ1n) is 8.48. The van der Waals surface area contributed by atoms with E-state index in [2.05, 4.69) is 5.32 Å². The molecule has 3 heteroatoms. The molecule has 0 aromatic heterocycles. The molecule has 3 aromatic carbocycles. The number of carbonyl (C=O) groups excluding carboxylic acids is 1. The van der Waals surface area contributed by atoms with Crippen LogP contribution in [0.5, 0.6) is 0 Å². The molecule has 128 valence electrons. The molecule has 0 radical (unpaired) electrons. The number of aliphatic hydroxyl groups excluding tert-OH is 1. The molecule has 0 saturated carbocycles. The Morgan fingerprint density at radius 2 is 1.60 bits per heavy atom. The Balaban J connectivity index is 1.75. The van der Waals surface area contributed by atoms with Crippen LogP contribution in [0, 0.1) is 0 Å². The van der Waals surface area contributed by atoms with Crippen LogP contribution in [-0.2, 0) is 11.2 Å². The third-order valence-electron chi connectivity index (χ3n) is 4.49. The standard InChI is InChI=1S/C22H23NO2/c1-22(2,21(25)17-10-4-3-5-11-17)23-20(24)15-18-13-8-12-16-9-6-7-14-19(16)18/h3-14,21,25H,15H2,1-2H3,(H,23,24)/t21-/m0/s1. The minimum atomic E-state index is -0.773. The Kier molecular flexibility index (Phi) is 4.86. The van der Waals surface area contributed by atoms with Crippen LogP contribution in [0.25, 0.3) is 10.8 Å². The van der Waals surface area contributed by atoms with Gasteiger partial charge in [-0.25, -0.2) is 0 Å². The van der Waals surface area contributed by atoms with Gasteiger partial charge in [0, 0.05) is 0 Å². The zero-order valence-corrected chi connectivity index (χ0v) is 14.6. The second-order valence-electron chi connectivity index (χ2n) is 6.90. The normalized spacial score (nSPS) is 12.8. The van der Waals surface area contributed by atoms with E-state index in [1.54, 1.807) is 0 Å². The van der Waals surface area contributed by atoms with E-state index in [0.717, 1.165) is 21.9 Å². The summed E-state index contributed by atoms with van der Waals surface area (Å²) in [6.45, 7) is 3.68. The van der Waals surface area contributed by atoms with Gasteiger partial charge < -0.3 is 10.4 Å². The van der Waals surface area contributed by atoms with Gasteiger partial charge in [0.1, 0.15) is 6.10 Å². The molecule has 1 atom stereocenters. The second kappa shape index (κ2) is 7.08. The summed E-state index contributed by atoms with van der Waals surface area (Å²) in [5, 5.41) is 15.8. The van der Waals surface area contributed by atoms with Gasteiger partial charge in [0.25, 0.3) is 0 Å². The molecule has 0 aliphatic rings. The second-order valence-corrected chi connectivity index (χ2v) is 6.90. The largest absolute Gasteiger partial charge is 0.386 e. The summed E-state index contributed by atoms with van der Waals surface area (Å²) in [6, 6.07) is 23.4. The van der Waals surface area contributed by atoms with Gasteiger partial charge in [0.15, 0.2) is 0 Å². The van der Waals surface area contributed by atoms with Crippen molar-refractivity contribution in [2.24, 2.45) is 0 Å². The van der Waals surface area contributed by atoms with Crippen molar-refractivity contribution in [1.82, 2.24) is 5.32 Å². The van der Waals surface area contributed by atoms with Crippen LogP contribution < -0.4 is 5.32 Å².